The zero-order valence-corrected chi connectivity index (χ0v) is 13.9. The molecule has 6 nitrogen and oxygen atoms in total. The second-order valence-corrected chi connectivity index (χ2v) is 7.74. The molecule has 0 spiro atoms. The number of aromatic nitrogens is 1. The summed E-state index contributed by atoms with van der Waals surface area (Å²) in [6.07, 6.45) is 2.67. The van der Waals surface area contributed by atoms with E-state index in [1.54, 1.807) is 23.2 Å². The van der Waals surface area contributed by atoms with Crippen molar-refractivity contribution in [3.05, 3.63) is 53.9 Å². The summed E-state index contributed by atoms with van der Waals surface area (Å²) in [5.74, 6) is -0.337. The molecule has 1 amide bonds. The highest BCUT2D eigenvalue weighted by Gasteiger charge is 2.25. The van der Waals surface area contributed by atoms with E-state index in [1.807, 2.05) is 12.1 Å². The first kappa shape index (κ1) is 16.6. The van der Waals surface area contributed by atoms with E-state index in [2.05, 4.69) is 4.98 Å². The Hall–Kier alpha value is -2.25. The molecule has 0 radical (unpaired) electrons. The van der Waals surface area contributed by atoms with Crippen LogP contribution in [0.5, 0.6) is 0 Å². The summed E-state index contributed by atoms with van der Waals surface area (Å²) in [6.45, 7) is 0.207. The van der Waals surface area contributed by atoms with Gasteiger partial charge in [0.25, 0.3) is 0 Å². The molecular weight excluding hydrogens is 328 g/mol. The van der Waals surface area contributed by atoms with Gasteiger partial charge in [-0.3, -0.25) is 9.78 Å². The topological polar surface area (TPSA) is 87.6 Å². The molecule has 7 heteroatoms. The first-order valence-electron chi connectivity index (χ1n) is 7.68. The Balaban J connectivity index is 1.72. The molecule has 0 aliphatic carbocycles. The zero-order chi connectivity index (χ0) is 17.2. The van der Waals surface area contributed by atoms with Crippen LogP contribution >= 0.6 is 0 Å². The van der Waals surface area contributed by atoms with Gasteiger partial charge in [-0.05, 0) is 29.8 Å². The van der Waals surface area contributed by atoms with E-state index < -0.39 is 16.4 Å². The minimum absolute atomic E-state index is 0.0345. The summed E-state index contributed by atoms with van der Waals surface area (Å²) < 4.78 is 23.7. The monoisotopic (exact) mass is 346 g/mol. The average molecular weight is 346 g/mol. The molecule has 2 aromatic rings. The third-order valence-corrected chi connectivity index (χ3v) is 5.74. The fraction of sp³-hybridized carbons (Fsp3) is 0.294. The van der Waals surface area contributed by atoms with Gasteiger partial charge in [-0.15, -0.1) is 0 Å². The number of sulfone groups is 1. The highest BCUT2D eigenvalue weighted by atomic mass is 32.2. The van der Waals surface area contributed by atoms with E-state index in [-0.39, 0.29) is 23.0 Å². The minimum atomic E-state index is -3.46. The highest BCUT2D eigenvalue weighted by Crippen LogP contribution is 2.26. The van der Waals surface area contributed by atoms with Crippen LogP contribution in [0.1, 0.15) is 11.3 Å². The van der Waals surface area contributed by atoms with Crippen molar-refractivity contribution >= 4 is 21.4 Å². The van der Waals surface area contributed by atoms with Crippen LogP contribution in [0.3, 0.4) is 0 Å². The van der Waals surface area contributed by atoms with Gasteiger partial charge in [-0.25, -0.2) is 8.42 Å². The predicted molar refractivity (Wildman–Crippen MR) is 89.6 cm³/mol. The standard InChI is InChI=1S/C17H18N2O4S/c20-10-11-24(22,23)14-5-3-13(4-6-14)12-17(21)19-9-7-15-16(19)2-1-8-18-15/h1-6,8,20H,7,9-12H2. The number of anilines is 1. The van der Waals surface area contributed by atoms with Crippen LogP contribution in [-0.2, 0) is 27.5 Å². The number of aliphatic hydroxyl groups is 1. The van der Waals surface area contributed by atoms with Gasteiger partial charge < -0.3 is 10.0 Å². The molecule has 24 heavy (non-hydrogen) atoms. The van der Waals surface area contributed by atoms with Gasteiger partial charge in [-0.1, -0.05) is 12.1 Å². The molecule has 0 fully saturated rings. The van der Waals surface area contributed by atoms with E-state index in [1.165, 1.54) is 12.1 Å². The van der Waals surface area contributed by atoms with Crippen molar-refractivity contribution in [2.45, 2.75) is 17.7 Å². The van der Waals surface area contributed by atoms with Crippen molar-refractivity contribution in [2.24, 2.45) is 0 Å². The van der Waals surface area contributed by atoms with Crippen molar-refractivity contribution in [1.29, 1.82) is 0 Å². The summed E-state index contributed by atoms with van der Waals surface area (Å²) in [7, 11) is -3.46. The number of nitrogens with zero attached hydrogens (tertiary/aromatic N) is 2. The van der Waals surface area contributed by atoms with Gasteiger partial charge in [0.1, 0.15) is 0 Å². The molecular formula is C17H18N2O4S. The molecule has 3 rings (SSSR count). The summed E-state index contributed by atoms with van der Waals surface area (Å²) in [6, 6.07) is 9.94. The van der Waals surface area contributed by atoms with Crippen molar-refractivity contribution in [1.82, 2.24) is 4.98 Å². The van der Waals surface area contributed by atoms with E-state index in [0.29, 0.717) is 6.54 Å². The number of amides is 1. The minimum Gasteiger partial charge on any atom is -0.395 e. The number of aliphatic hydroxyl groups excluding tert-OH is 1. The highest BCUT2D eigenvalue weighted by molar-refractivity contribution is 7.91. The number of hydrogen-bond acceptors (Lipinski definition) is 5. The molecule has 1 aromatic carbocycles. The van der Waals surface area contributed by atoms with Gasteiger partial charge in [0.05, 0.1) is 35.1 Å². The number of hydrogen-bond donors (Lipinski definition) is 1. The third kappa shape index (κ3) is 3.32. The fourth-order valence-electron chi connectivity index (χ4n) is 2.79. The normalized spacial score (nSPS) is 13.8. The Morgan fingerprint density at radius 2 is 1.96 bits per heavy atom. The van der Waals surface area contributed by atoms with Gasteiger partial charge >= 0.3 is 0 Å². The Labute approximate surface area is 140 Å². The summed E-state index contributed by atoms with van der Waals surface area (Å²) in [4.78, 5) is 18.7. The number of carbonyl (C=O) groups is 1. The van der Waals surface area contributed by atoms with Gasteiger partial charge in [0.15, 0.2) is 9.84 Å². The van der Waals surface area contributed by atoms with E-state index in [4.69, 9.17) is 5.11 Å². The Kier molecular flexibility index (Phi) is 4.64. The van der Waals surface area contributed by atoms with Crippen LogP contribution in [-0.4, -0.2) is 43.3 Å². The van der Waals surface area contributed by atoms with Crippen LogP contribution < -0.4 is 4.90 Å². The third-order valence-electron chi connectivity index (χ3n) is 4.03. The van der Waals surface area contributed by atoms with Gasteiger partial charge in [0, 0.05) is 19.2 Å². The van der Waals surface area contributed by atoms with Crippen LogP contribution in [0.25, 0.3) is 0 Å². The molecule has 1 aliphatic heterocycles. The number of fused-ring (bicyclic) bond motifs is 1. The second kappa shape index (κ2) is 6.70. The lowest BCUT2D eigenvalue weighted by atomic mass is 10.1. The maximum Gasteiger partial charge on any atom is 0.231 e. The maximum absolute atomic E-state index is 12.5. The van der Waals surface area contributed by atoms with Gasteiger partial charge in [-0.2, -0.15) is 0 Å². The quantitative estimate of drug-likeness (QED) is 0.872. The van der Waals surface area contributed by atoms with Crippen molar-refractivity contribution in [3.63, 3.8) is 0 Å². The second-order valence-electron chi connectivity index (χ2n) is 5.63. The first-order chi connectivity index (χ1) is 11.5. The molecule has 1 aliphatic rings. The maximum atomic E-state index is 12.5. The van der Waals surface area contributed by atoms with Crippen molar-refractivity contribution < 1.29 is 18.3 Å². The van der Waals surface area contributed by atoms with E-state index >= 15 is 0 Å². The zero-order valence-electron chi connectivity index (χ0n) is 13.1. The molecule has 0 bridgehead atoms. The number of rotatable bonds is 5. The van der Waals surface area contributed by atoms with Crippen LogP contribution in [0.2, 0.25) is 0 Å². The van der Waals surface area contributed by atoms with Crippen molar-refractivity contribution in [3.8, 4) is 0 Å². The lowest BCUT2D eigenvalue weighted by molar-refractivity contribution is -0.117. The van der Waals surface area contributed by atoms with Crippen LogP contribution in [0.4, 0.5) is 5.69 Å². The molecule has 126 valence electrons. The largest absolute Gasteiger partial charge is 0.395 e. The molecule has 0 saturated heterocycles. The lowest BCUT2D eigenvalue weighted by Crippen LogP contribution is -2.30. The van der Waals surface area contributed by atoms with E-state index in [0.717, 1.165) is 23.4 Å². The summed E-state index contributed by atoms with van der Waals surface area (Å²) in [5, 5.41) is 8.80. The molecule has 1 aromatic heterocycles. The smallest absolute Gasteiger partial charge is 0.231 e. The van der Waals surface area contributed by atoms with E-state index in [9.17, 15) is 13.2 Å². The van der Waals surface area contributed by atoms with Gasteiger partial charge in [0.2, 0.25) is 5.91 Å². The number of benzene rings is 1. The number of carbonyl (C=O) groups excluding carboxylic acids is 1. The molecule has 0 unspecified atom stereocenters. The molecule has 1 N–H and O–H groups in total. The molecule has 0 saturated carbocycles. The summed E-state index contributed by atoms with van der Waals surface area (Å²) in [5.41, 5.74) is 2.53. The lowest BCUT2D eigenvalue weighted by Gasteiger charge is -2.17. The summed E-state index contributed by atoms with van der Waals surface area (Å²) >= 11 is 0. The molecule has 2 heterocycles. The first-order valence-corrected chi connectivity index (χ1v) is 9.33. The van der Waals surface area contributed by atoms with Crippen molar-refractivity contribution in [2.75, 3.05) is 23.8 Å². The number of pyridine rings is 1. The Morgan fingerprint density at radius 1 is 1.21 bits per heavy atom. The Morgan fingerprint density at radius 3 is 2.67 bits per heavy atom. The predicted octanol–water partition coefficient (Wildman–Crippen LogP) is 0.979. The van der Waals surface area contributed by atoms with Crippen LogP contribution in [0.15, 0.2) is 47.5 Å². The van der Waals surface area contributed by atoms with Crippen LogP contribution in [0, 0.1) is 0 Å². The fourth-order valence-corrected chi connectivity index (χ4v) is 3.81. The Bertz CT molecular complexity index is 847. The average Bonchev–Trinajstić information content (AvgIpc) is 2.99. The SMILES string of the molecule is O=C(Cc1ccc(S(=O)(=O)CCO)cc1)N1CCc2ncccc21. The molecule has 0 atom stereocenters.